The summed E-state index contributed by atoms with van der Waals surface area (Å²) < 4.78 is 0. The second-order valence-corrected chi connectivity index (χ2v) is 5.68. The minimum atomic E-state index is -0.165. The number of carbonyl (C=O) groups excluding carboxylic acids is 1. The lowest BCUT2D eigenvalue weighted by molar-refractivity contribution is 0.112. The van der Waals surface area contributed by atoms with E-state index < -0.39 is 0 Å². The SMILES string of the molecule is O=Cc1cccc(-c2cncc(NC3CCC(O)CC3)n2)c1. The Morgan fingerprint density at radius 1 is 1.18 bits per heavy atom. The van der Waals surface area contributed by atoms with E-state index in [1.54, 1.807) is 24.5 Å². The topological polar surface area (TPSA) is 75.1 Å². The van der Waals surface area contributed by atoms with Crippen molar-refractivity contribution in [3.8, 4) is 11.3 Å². The highest BCUT2D eigenvalue weighted by molar-refractivity contribution is 5.78. The molecule has 22 heavy (non-hydrogen) atoms. The quantitative estimate of drug-likeness (QED) is 0.849. The van der Waals surface area contributed by atoms with Crippen LogP contribution >= 0.6 is 0 Å². The summed E-state index contributed by atoms with van der Waals surface area (Å²) in [6, 6.07) is 7.65. The van der Waals surface area contributed by atoms with Gasteiger partial charge in [0.1, 0.15) is 12.1 Å². The smallest absolute Gasteiger partial charge is 0.150 e. The third-order valence-electron chi connectivity index (χ3n) is 4.00. The zero-order valence-corrected chi connectivity index (χ0v) is 12.3. The number of nitrogens with one attached hydrogen (secondary N) is 1. The van der Waals surface area contributed by atoms with Gasteiger partial charge in [0.2, 0.25) is 0 Å². The highest BCUT2D eigenvalue weighted by atomic mass is 16.3. The van der Waals surface area contributed by atoms with E-state index in [-0.39, 0.29) is 6.10 Å². The fourth-order valence-corrected chi connectivity index (χ4v) is 2.78. The van der Waals surface area contributed by atoms with E-state index in [2.05, 4.69) is 15.3 Å². The molecule has 114 valence electrons. The van der Waals surface area contributed by atoms with Gasteiger partial charge in [-0.05, 0) is 31.7 Å². The molecule has 0 bridgehead atoms. The molecule has 0 amide bonds. The standard InChI is InChI=1S/C17H19N3O2/c21-11-12-2-1-3-13(8-12)16-9-18-10-17(20-16)19-14-4-6-15(22)7-5-14/h1-3,8-11,14-15,22H,4-7H2,(H,19,20). The van der Waals surface area contributed by atoms with E-state index in [1.165, 1.54) is 0 Å². The highest BCUT2D eigenvalue weighted by Gasteiger charge is 2.19. The van der Waals surface area contributed by atoms with Gasteiger partial charge < -0.3 is 10.4 Å². The molecule has 1 fully saturated rings. The highest BCUT2D eigenvalue weighted by Crippen LogP contribution is 2.23. The van der Waals surface area contributed by atoms with Crippen LogP contribution in [0.5, 0.6) is 0 Å². The van der Waals surface area contributed by atoms with Crippen LogP contribution in [0.3, 0.4) is 0 Å². The maximum atomic E-state index is 10.9. The van der Waals surface area contributed by atoms with E-state index in [9.17, 15) is 9.90 Å². The number of nitrogens with zero attached hydrogens (tertiary/aromatic N) is 2. The van der Waals surface area contributed by atoms with Gasteiger partial charge in [-0.2, -0.15) is 0 Å². The lowest BCUT2D eigenvalue weighted by atomic mass is 9.93. The maximum Gasteiger partial charge on any atom is 0.150 e. The fourth-order valence-electron chi connectivity index (χ4n) is 2.78. The molecule has 0 radical (unpaired) electrons. The molecule has 1 aliphatic carbocycles. The number of aromatic nitrogens is 2. The first-order chi connectivity index (χ1) is 10.7. The van der Waals surface area contributed by atoms with Gasteiger partial charge in [-0.25, -0.2) is 4.98 Å². The van der Waals surface area contributed by atoms with E-state index in [0.29, 0.717) is 11.6 Å². The molecule has 1 aliphatic rings. The molecule has 3 rings (SSSR count). The second-order valence-electron chi connectivity index (χ2n) is 5.68. The van der Waals surface area contributed by atoms with E-state index in [1.807, 2.05) is 12.1 Å². The molecule has 1 saturated carbocycles. The summed E-state index contributed by atoms with van der Waals surface area (Å²) in [5, 5.41) is 12.9. The van der Waals surface area contributed by atoms with Gasteiger partial charge >= 0.3 is 0 Å². The molecule has 2 N–H and O–H groups in total. The largest absolute Gasteiger partial charge is 0.393 e. The van der Waals surface area contributed by atoms with Gasteiger partial charge in [-0.1, -0.05) is 18.2 Å². The zero-order valence-electron chi connectivity index (χ0n) is 12.3. The van der Waals surface area contributed by atoms with Crippen LogP contribution < -0.4 is 5.32 Å². The molecular formula is C17H19N3O2. The predicted octanol–water partition coefficient (Wildman–Crippen LogP) is 2.67. The molecular weight excluding hydrogens is 278 g/mol. The summed E-state index contributed by atoms with van der Waals surface area (Å²) >= 11 is 0. The lowest BCUT2D eigenvalue weighted by Gasteiger charge is -2.26. The maximum absolute atomic E-state index is 10.9. The van der Waals surface area contributed by atoms with E-state index >= 15 is 0 Å². The van der Waals surface area contributed by atoms with Crippen LogP contribution in [0.1, 0.15) is 36.0 Å². The first-order valence-electron chi connectivity index (χ1n) is 7.57. The van der Waals surface area contributed by atoms with Gasteiger partial charge in [0, 0.05) is 17.2 Å². The monoisotopic (exact) mass is 297 g/mol. The third kappa shape index (κ3) is 3.49. The number of rotatable bonds is 4. The number of hydrogen-bond donors (Lipinski definition) is 2. The van der Waals surface area contributed by atoms with Crippen molar-refractivity contribution in [3.63, 3.8) is 0 Å². The molecule has 5 heteroatoms. The molecule has 2 aromatic rings. The molecule has 1 aromatic carbocycles. The number of aliphatic hydroxyl groups excluding tert-OH is 1. The van der Waals surface area contributed by atoms with Crippen molar-refractivity contribution in [3.05, 3.63) is 42.2 Å². The Balaban J connectivity index is 1.76. The van der Waals surface area contributed by atoms with Crippen molar-refractivity contribution in [1.82, 2.24) is 9.97 Å². The van der Waals surface area contributed by atoms with Crippen molar-refractivity contribution >= 4 is 12.1 Å². The zero-order chi connectivity index (χ0) is 15.4. The van der Waals surface area contributed by atoms with Crippen LogP contribution in [0.4, 0.5) is 5.82 Å². The number of anilines is 1. The van der Waals surface area contributed by atoms with Gasteiger partial charge in [-0.15, -0.1) is 0 Å². The lowest BCUT2D eigenvalue weighted by Crippen LogP contribution is -2.28. The minimum absolute atomic E-state index is 0.165. The Hall–Kier alpha value is -2.27. The van der Waals surface area contributed by atoms with Gasteiger partial charge in [-0.3, -0.25) is 9.78 Å². The summed E-state index contributed by atoms with van der Waals surface area (Å²) in [6.07, 6.45) is 7.59. The Labute approximate surface area is 129 Å². The second kappa shape index (κ2) is 6.66. The van der Waals surface area contributed by atoms with Crippen molar-refractivity contribution in [2.24, 2.45) is 0 Å². The molecule has 1 aromatic heterocycles. The number of benzene rings is 1. The molecule has 0 unspecified atom stereocenters. The summed E-state index contributed by atoms with van der Waals surface area (Å²) in [7, 11) is 0. The molecule has 0 atom stereocenters. The molecule has 0 saturated heterocycles. The van der Waals surface area contributed by atoms with Crippen LogP contribution in [0.15, 0.2) is 36.7 Å². The van der Waals surface area contributed by atoms with Crippen LogP contribution in [-0.4, -0.2) is 33.5 Å². The summed E-state index contributed by atoms with van der Waals surface area (Å²) in [6.45, 7) is 0. The predicted molar refractivity (Wildman–Crippen MR) is 84.7 cm³/mol. The number of hydrogen-bond acceptors (Lipinski definition) is 5. The molecule has 5 nitrogen and oxygen atoms in total. The van der Waals surface area contributed by atoms with Gasteiger partial charge in [0.15, 0.2) is 0 Å². The Kier molecular flexibility index (Phi) is 4.44. The van der Waals surface area contributed by atoms with Crippen LogP contribution in [0.25, 0.3) is 11.3 Å². The third-order valence-corrected chi connectivity index (χ3v) is 4.00. The van der Waals surface area contributed by atoms with Crippen LogP contribution in [0.2, 0.25) is 0 Å². The summed E-state index contributed by atoms with van der Waals surface area (Å²) in [5.74, 6) is 0.732. The number of aldehydes is 1. The molecule has 0 spiro atoms. The first kappa shape index (κ1) is 14.7. The average Bonchev–Trinajstić information content (AvgIpc) is 2.57. The van der Waals surface area contributed by atoms with Gasteiger partial charge in [0.25, 0.3) is 0 Å². The fraction of sp³-hybridized carbons (Fsp3) is 0.353. The Morgan fingerprint density at radius 2 is 2.00 bits per heavy atom. The molecule has 1 heterocycles. The van der Waals surface area contributed by atoms with Gasteiger partial charge in [0.05, 0.1) is 24.2 Å². The Morgan fingerprint density at radius 3 is 2.77 bits per heavy atom. The molecule has 0 aliphatic heterocycles. The summed E-state index contributed by atoms with van der Waals surface area (Å²) in [5.41, 5.74) is 2.24. The Bertz CT molecular complexity index is 652. The first-order valence-corrected chi connectivity index (χ1v) is 7.57. The summed E-state index contributed by atoms with van der Waals surface area (Å²) in [4.78, 5) is 19.7. The van der Waals surface area contributed by atoms with Crippen molar-refractivity contribution in [1.29, 1.82) is 0 Å². The number of aliphatic hydroxyl groups is 1. The van der Waals surface area contributed by atoms with Crippen molar-refractivity contribution in [2.45, 2.75) is 37.8 Å². The van der Waals surface area contributed by atoms with Crippen LogP contribution in [0, 0.1) is 0 Å². The normalized spacial score (nSPS) is 21.3. The van der Waals surface area contributed by atoms with E-state index in [0.717, 1.165) is 49.0 Å². The van der Waals surface area contributed by atoms with Crippen molar-refractivity contribution < 1.29 is 9.90 Å². The number of carbonyl (C=O) groups is 1. The van der Waals surface area contributed by atoms with E-state index in [4.69, 9.17) is 0 Å². The van der Waals surface area contributed by atoms with Crippen molar-refractivity contribution in [2.75, 3.05) is 5.32 Å². The van der Waals surface area contributed by atoms with Crippen LogP contribution in [-0.2, 0) is 0 Å². The minimum Gasteiger partial charge on any atom is -0.393 e. The average molecular weight is 297 g/mol.